The van der Waals surface area contributed by atoms with Gasteiger partial charge in [0.25, 0.3) is 0 Å². The van der Waals surface area contributed by atoms with Crippen LogP contribution in [0.4, 0.5) is 0 Å². The summed E-state index contributed by atoms with van der Waals surface area (Å²) in [5.41, 5.74) is 3.13. The largest absolute Gasteiger partial charge is 0.347 e. The first-order valence-electron chi connectivity index (χ1n) is 8.96. The topological polar surface area (TPSA) is 72.7 Å². The van der Waals surface area contributed by atoms with Crippen LogP contribution in [0.25, 0.3) is 11.4 Å². The summed E-state index contributed by atoms with van der Waals surface area (Å²) in [6, 6.07) is 21.9. The Balaban J connectivity index is 1.46. The molecule has 6 nitrogen and oxygen atoms in total. The van der Waals surface area contributed by atoms with Crippen molar-refractivity contribution in [3.8, 4) is 11.4 Å². The number of nitrogens with one attached hydrogen (secondary N) is 1. The highest BCUT2D eigenvalue weighted by Crippen LogP contribution is 2.19. The van der Waals surface area contributed by atoms with E-state index in [1.807, 2.05) is 65.4 Å². The lowest BCUT2D eigenvalue weighted by Crippen LogP contribution is -2.33. The molecular weight excluding hydrogens is 370 g/mol. The second kappa shape index (κ2) is 8.58. The number of hydrogen-bond acceptors (Lipinski definition) is 5. The van der Waals surface area contributed by atoms with Crippen LogP contribution in [0.1, 0.15) is 17.2 Å². The fourth-order valence-corrected chi connectivity index (χ4v) is 3.61. The maximum absolute atomic E-state index is 12.6. The number of aromatic nitrogens is 4. The van der Waals surface area contributed by atoms with Crippen LogP contribution >= 0.6 is 11.3 Å². The number of benzene rings is 2. The van der Waals surface area contributed by atoms with Gasteiger partial charge in [-0.1, -0.05) is 60.7 Å². The van der Waals surface area contributed by atoms with Crippen molar-refractivity contribution in [1.29, 1.82) is 0 Å². The lowest BCUT2D eigenvalue weighted by Gasteiger charge is -2.19. The van der Waals surface area contributed by atoms with Crippen LogP contribution in [0.15, 0.2) is 77.5 Å². The van der Waals surface area contributed by atoms with E-state index < -0.39 is 0 Å². The zero-order valence-electron chi connectivity index (χ0n) is 15.1. The molecule has 0 saturated heterocycles. The number of rotatable bonds is 7. The van der Waals surface area contributed by atoms with E-state index in [0.717, 1.165) is 16.7 Å². The van der Waals surface area contributed by atoms with Gasteiger partial charge in [0.15, 0.2) is 0 Å². The van der Waals surface area contributed by atoms with Crippen molar-refractivity contribution in [2.45, 2.75) is 19.0 Å². The van der Waals surface area contributed by atoms with Gasteiger partial charge < -0.3 is 5.32 Å². The summed E-state index contributed by atoms with van der Waals surface area (Å²) in [6.45, 7) is 0.0231. The fraction of sp³-hybridized carbons (Fsp3) is 0.143. The monoisotopic (exact) mass is 389 g/mol. The van der Waals surface area contributed by atoms with Crippen molar-refractivity contribution in [3.63, 3.8) is 0 Å². The van der Waals surface area contributed by atoms with E-state index in [2.05, 4.69) is 32.9 Å². The van der Waals surface area contributed by atoms with Crippen molar-refractivity contribution >= 4 is 17.2 Å². The molecule has 2 aromatic heterocycles. The quantitative estimate of drug-likeness (QED) is 0.525. The molecule has 1 amide bonds. The lowest BCUT2D eigenvalue weighted by molar-refractivity contribution is -0.122. The maximum Gasteiger partial charge on any atom is 0.244 e. The first kappa shape index (κ1) is 18.1. The number of carbonyl (C=O) groups is 1. The molecule has 2 aromatic carbocycles. The first-order valence-corrected chi connectivity index (χ1v) is 9.91. The van der Waals surface area contributed by atoms with Crippen molar-refractivity contribution < 1.29 is 4.79 Å². The van der Waals surface area contributed by atoms with Crippen LogP contribution in [-0.2, 0) is 17.8 Å². The molecule has 0 aliphatic rings. The predicted octanol–water partition coefficient (Wildman–Crippen LogP) is 3.50. The number of hydrogen-bond donors (Lipinski definition) is 1. The van der Waals surface area contributed by atoms with Gasteiger partial charge in [-0.25, -0.2) is 0 Å². The van der Waals surface area contributed by atoms with E-state index in [4.69, 9.17) is 0 Å². The summed E-state index contributed by atoms with van der Waals surface area (Å²) in [6.07, 6.45) is 0.710. The van der Waals surface area contributed by atoms with E-state index in [0.29, 0.717) is 12.2 Å². The van der Waals surface area contributed by atoms with E-state index in [1.165, 1.54) is 4.80 Å². The Morgan fingerprint density at radius 3 is 2.50 bits per heavy atom. The molecule has 28 heavy (non-hydrogen) atoms. The van der Waals surface area contributed by atoms with Gasteiger partial charge in [-0.3, -0.25) is 4.79 Å². The third-order valence-electron chi connectivity index (χ3n) is 4.34. The first-order chi connectivity index (χ1) is 13.8. The SMILES string of the molecule is O=C(Cn1nnc(-c2ccsc2)n1)N[C@H](Cc1ccccc1)c1ccccc1. The second-order valence-electron chi connectivity index (χ2n) is 6.38. The molecule has 7 heteroatoms. The van der Waals surface area contributed by atoms with Gasteiger partial charge >= 0.3 is 0 Å². The summed E-state index contributed by atoms with van der Waals surface area (Å²) in [7, 11) is 0. The normalized spacial score (nSPS) is 11.9. The van der Waals surface area contributed by atoms with Gasteiger partial charge in [-0.15, -0.1) is 10.2 Å². The van der Waals surface area contributed by atoms with Crippen molar-refractivity contribution in [2.75, 3.05) is 0 Å². The van der Waals surface area contributed by atoms with Crippen LogP contribution in [0.2, 0.25) is 0 Å². The number of amides is 1. The molecule has 0 radical (unpaired) electrons. The molecule has 4 aromatic rings. The Hall–Kier alpha value is -3.32. The highest BCUT2D eigenvalue weighted by atomic mass is 32.1. The molecule has 1 atom stereocenters. The highest BCUT2D eigenvalue weighted by molar-refractivity contribution is 7.08. The fourth-order valence-electron chi connectivity index (χ4n) is 2.97. The molecular formula is C21H19N5OS. The molecule has 4 rings (SSSR count). The van der Waals surface area contributed by atoms with Gasteiger partial charge in [0.1, 0.15) is 6.54 Å². The van der Waals surface area contributed by atoms with Crippen LogP contribution in [-0.4, -0.2) is 26.1 Å². The van der Waals surface area contributed by atoms with E-state index in [1.54, 1.807) is 11.3 Å². The number of carbonyl (C=O) groups excluding carboxylic acids is 1. The Bertz CT molecular complexity index is 1020. The summed E-state index contributed by atoms with van der Waals surface area (Å²) in [4.78, 5) is 14.0. The Labute approximate surface area is 166 Å². The van der Waals surface area contributed by atoms with Crippen molar-refractivity contribution in [3.05, 3.63) is 88.6 Å². The van der Waals surface area contributed by atoms with Crippen LogP contribution in [0.3, 0.4) is 0 Å². The zero-order valence-corrected chi connectivity index (χ0v) is 15.9. The summed E-state index contributed by atoms with van der Waals surface area (Å²) < 4.78 is 0. The van der Waals surface area contributed by atoms with Gasteiger partial charge in [0.2, 0.25) is 11.7 Å². The highest BCUT2D eigenvalue weighted by Gasteiger charge is 2.17. The average Bonchev–Trinajstić information content (AvgIpc) is 3.41. The van der Waals surface area contributed by atoms with Gasteiger partial charge in [-0.2, -0.15) is 16.1 Å². The third kappa shape index (κ3) is 4.50. The maximum atomic E-state index is 12.6. The average molecular weight is 389 g/mol. The standard InChI is InChI=1S/C21H19N5OS/c27-20(14-26-24-21(23-25-26)18-11-12-28-15-18)22-19(17-9-5-2-6-10-17)13-16-7-3-1-4-8-16/h1-12,15,19H,13-14H2,(H,22,27)/t19-/m1/s1. The lowest BCUT2D eigenvalue weighted by atomic mass is 9.99. The molecule has 0 bridgehead atoms. The minimum atomic E-state index is -0.154. The molecule has 0 aliphatic carbocycles. The van der Waals surface area contributed by atoms with Gasteiger partial charge in [0.05, 0.1) is 6.04 Å². The molecule has 0 fully saturated rings. The second-order valence-corrected chi connectivity index (χ2v) is 7.16. The Kier molecular flexibility index (Phi) is 5.53. The van der Waals surface area contributed by atoms with Crippen molar-refractivity contribution in [1.82, 2.24) is 25.5 Å². The van der Waals surface area contributed by atoms with Crippen molar-refractivity contribution in [2.24, 2.45) is 0 Å². The number of nitrogens with zero attached hydrogens (tertiary/aromatic N) is 4. The molecule has 0 unspecified atom stereocenters. The minimum absolute atomic E-state index is 0.0231. The molecule has 0 spiro atoms. The van der Waals surface area contributed by atoms with E-state index in [9.17, 15) is 4.79 Å². The van der Waals surface area contributed by atoms with E-state index in [-0.39, 0.29) is 18.5 Å². The molecule has 1 N–H and O–H groups in total. The number of tetrazole rings is 1. The Morgan fingerprint density at radius 1 is 1.04 bits per heavy atom. The summed E-state index contributed by atoms with van der Waals surface area (Å²) in [5, 5.41) is 19.3. The molecule has 0 aliphatic heterocycles. The smallest absolute Gasteiger partial charge is 0.244 e. The molecule has 140 valence electrons. The molecule has 2 heterocycles. The third-order valence-corrected chi connectivity index (χ3v) is 5.02. The van der Waals surface area contributed by atoms with Crippen LogP contribution < -0.4 is 5.32 Å². The predicted molar refractivity (Wildman–Crippen MR) is 109 cm³/mol. The Morgan fingerprint density at radius 2 is 1.79 bits per heavy atom. The van der Waals surface area contributed by atoms with Crippen LogP contribution in [0, 0.1) is 0 Å². The zero-order chi connectivity index (χ0) is 19.2. The van der Waals surface area contributed by atoms with E-state index >= 15 is 0 Å². The van der Waals surface area contributed by atoms with Gasteiger partial charge in [0, 0.05) is 10.9 Å². The summed E-state index contributed by atoms with van der Waals surface area (Å²) in [5.74, 6) is 0.372. The van der Waals surface area contributed by atoms with Crippen LogP contribution in [0.5, 0.6) is 0 Å². The molecule has 0 saturated carbocycles. The summed E-state index contributed by atoms with van der Waals surface area (Å²) >= 11 is 1.57. The minimum Gasteiger partial charge on any atom is -0.347 e. The van der Waals surface area contributed by atoms with Gasteiger partial charge in [-0.05, 0) is 34.2 Å². The number of thiophene rings is 1.